The van der Waals surface area contributed by atoms with Crippen molar-refractivity contribution in [2.24, 2.45) is 0 Å². The van der Waals surface area contributed by atoms with E-state index in [1.807, 2.05) is 0 Å². The Kier molecular flexibility index (Phi) is 6.01. The van der Waals surface area contributed by atoms with Gasteiger partial charge in [-0.2, -0.15) is 23.1 Å². The molecule has 2 aromatic heterocycles. The molecule has 0 unspecified atom stereocenters. The molecule has 0 aliphatic heterocycles. The van der Waals surface area contributed by atoms with Crippen molar-refractivity contribution in [3.63, 3.8) is 0 Å². The summed E-state index contributed by atoms with van der Waals surface area (Å²) in [6.07, 6.45) is -1.60. The minimum atomic E-state index is -4.99. The lowest BCUT2D eigenvalue weighted by molar-refractivity contribution is -0.138. The van der Waals surface area contributed by atoms with E-state index in [1.54, 1.807) is 4.98 Å². The van der Waals surface area contributed by atoms with Crippen LogP contribution in [0.5, 0.6) is 11.6 Å². The molecule has 0 atom stereocenters. The lowest BCUT2D eigenvalue weighted by Crippen LogP contribution is -2.33. The Balaban J connectivity index is 1.82. The van der Waals surface area contributed by atoms with Crippen molar-refractivity contribution in [1.29, 1.82) is 5.26 Å². The first-order valence-corrected chi connectivity index (χ1v) is 10.3. The normalized spacial score (nSPS) is 14.2. The number of benzene rings is 1. The predicted octanol–water partition coefficient (Wildman–Crippen LogP) is 3.00. The van der Waals surface area contributed by atoms with Crippen molar-refractivity contribution < 1.29 is 17.9 Å². The zero-order valence-corrected chi connectivity index (χ0v) is 17.8. The summed E-state index contributed by atoms with van der Waals surface area (Å²) in [6, 6.07) is 4.20. The quantitative estimate of drug-likeness (QED) is 0.566. The molecule has 176 valence electrons. The van der Waals surface area contributed by atoms with Gasteiger partial charge in [0.15, 0.2) is 5.75 Å². The summed E-state index contributed by atoms with van der Waals surface area (Å²) in [5.41, 5.74) is -4.93. The van der Waals surface area contributed by atoms with Gasteiger partial charge in [-0.1, -0.05) is 24.4 Å². The summed E-state index contributed by atoms with van der Waals surface area (Å²) >= 11 is 6.09. The van der Waals surface area contributed by atoms with E-state index < -0.39 is 50.7 Å². The van der Waals surface area contributed by atoms with Crippen LogP contribution in [0, 0.1) is 11.3 Å². The van der Waals surface area contributed by atoms with Gasteiger partial charge in [0.05, 0.1) is 10.7 Å². The van der Waals surface area contributed by atoms with E-state index in [4.69, 9.17) is 21.6 Å². The summed E-state index contributed by atoms with van der Waals surface area (Å²) in [6.45, 7) is 0. The van der Waals surface area contributed by atoms with Crippen molar-refractivity contribution >= 4 is 11.6 Å². The second kappa shape index (κ2) is 8.79. The highest BCUT2D eigenvalue weighted by Crippen LogP contribution is 2.43. The van der Waals surface area contributed by atoms with E-state index in [2.05, 4.69) is 15.3 Å². The monoisotopic (exact) mass is 494 g/mol. The van der Waals surface area contributed by atoms with E-state index in [0.29, 0.717) is 16.3 Å². The first kappa shape index (κ1) is 23.2. The SMILES string of the molecule is N#Cc1nn(-c2cc(Cl)c(Oc3cc(C4CCCC4)c(=O)[nH]n3)c(C(F)(F)F)c2)c(=O)[nH]c1=O. The lowest BCUT2D eigenvalue weighted by Gasteiger charge is -2.17. The van der Waals surface area contributed by atoms with Crippen molar-refractivity contribution in [3.8, 4) is 23.4 Å². The Morgan fingerprint density at radius 2 is 1.85 bits per heavy atom. The smallest absolute Gasteiger partial charge is 0.420 e. The van der Waals surface area contributed by atoms with Crippen molar-refractivity contribution in [1.82, 2.24) is 25.0 Å². The molecule has 2 N–H and O–H groups in total. The molecule has 0 bridgehead atoms. The van der Waals surface area contributed by atoms with Gasteiger partial charge in [-0.15, -0.1) is 10.2 Å². The van der Waals surface area contributed by atoms with Crippen LogP contribution < -0.4 is 21.5 Å². The molecule has 2 heterocycles. The van der Waals surface area contributed by atoms with Crippen LogP contribution in [0.4, 0.5) is 13.2 Å². The maximum atomic E-state index is 13.9. The highest BCUT2D eigenvalue weighted by molar-refractivity contribution is 6.32. The predicted molar refractivity (Wildman–Crippen MR) is 111 cm³/mol. The Labute approximate surface area is 192 Å². The van der Waals surface area contributed by atoms with E-state index in [0.717, 1.165) is 31.7 Å². The largest absolute Gasteiger partial charge is 0.435 e. The molecule has 0 saturated heterocycles. The van der Waals surface area contributed by atoms with E-state index >= 15 is 0 Å². The number of hydrogen-bond acceptors (Lipinski definition) is 7. The van der Waals surface area contributed by atoms with Gasteiger partial charge >= 0.3 is 11.9 Å². The molecule has 0 radical (unpaired) electrons. The van der Waals surface area contributed by atoms with Crippen LogP contribution in [0.1, 0.15) is 48.4 Å². The number of halogens is 4. The lowest BCUT2D eigenvalue weighted by atomic mass is 10.00. The van der Waals surface area contributed by atoms with Gasteiger partial charge in [0.25, 0.3) is 11.1 Å². The number of nitrogens with zero attached hydrogens (tertiary/aromatic N) is 4. The number of ether oxygens (including phenoxy) is 1. The number of alkyl halides is 3. The van der Waals surface area contributed by atoms with Crippen LogP contribution in [0.2, 0.25) is 5.02 Å². The Bertz CT molecular complexity index is 1480. The van der Waals surface area contributed by atoms with Gasteiger partial charge in [-0.3, -0.25) is 14.6 Å². The molecule has 1 saturated carbocycles. The second-order valence-electron chi connectivity index (χ2n) is 7.51. The highest BCUT2D eigenvalue weighted by atomic mass is 35.5. The van der Waals surface area contributed by atoms with E-state index in [9.17, 15) is 27.6 Å². The highest BCUT2D eigenvalue weighted by Gasteiger charge is 2.37. The van der Waals surface area contributed by atoms with Crippen LogP contribution in [0.15, 0.2) is 32.6 Å². The van der Waals surface area contributed by atoms with Gasteiger partial charge in [0.1, 0.15) is 11.6 Å². The molecule has 14 heteroatoms. The molecule has 1 aliphatic carbocycles. The third-order valence-electron chi connectivity index (χ3n) is 5.32. The summed E-state index contributed by atoms with van der Waals surface area (Å²) in [5.74, 6) is -1.16. The Morgan fingerprint density at radius 1 is 1.15 bits per heavy atom. The molecule has 34 heavy (non-hydrogen) atoms. The number of aromatic nitrogens is 5. The van der Waals surface area contributed by atoms with Gasteiger partial charge in [-0.25, -0.2) is 9.89 Å². The van der Waals surface area contributed by atoms with Gasteiger partial charge in [-0.05, 0) is 30.9 Å². The fourth-order valence-electron chi connectivity index (χ4n) is 3.76. The van der Waals surface area contributed by atoms with Crippen molar-refractivity contribution in [2.45, 2.75) is 37.8 Å². The third-order valence-corrected chi connectivity index (χ3v) is 5.60. The van der Waals surface area contributed by atoms with Crippen LogP contribution in [0.25, 0.3) is 5.69 Å². The van der Waals surface area contributed by atoms with Gasteiger partial charge < -0.3 is 4.74 Å². The molecule has 10 nitrogen and oxygen atoms in total. The molecule has 1 aromatic carbocycles. The molecule has 4 rings (SSSR count). The Morgan fingerprint density at radius 3 is 2.50 bits per heavy atom. The van der Waals surface area contributed by atoms with Crippen LogP contribution >= 0.6 is 11.6 Å². The minimum absolute atomic E-state index is 0.0541. The molecular formula is C20H14ClF3N6O4. The molecule has 0 spiro atoms. The molecule has 3 aromatic rings. The number of nitrogens with one attached hydrogen (secondary N) is 2. The number of aromatic amines is 2. The number of hydrogen-bond donors (Lipinski definition) is 2. The number of H-pyrrole nitrogens is 2. The molecule has 1 fully saturated rings. The molecular weight excluding hydrogens is 481 g/mol. The number of nitriles is 1. The van der Waals surface area contributed by atoms with E-state index in [1.165, 1.54) is 12.1 Å². The van der Waals surface area contributed by atoms with Crippen molar-refractivity contribution in [2.75, 3.05) is 0 Å². The molecule has 1 aliphatic rings. The number of rotatable bonds is 4. The third kappa shape index (κ3) is 4.44. The van der Waals surface area contributed by atoms with Crippen LogP contribution in [0.3, 0.4) is 0 Å². The van der Waals surface area contributed by atoms with Gasteiger partial charge in [0, 0.05) is 11.6 Å². The van der Waals surface area contributed by atoms with Crippen LogP contribution in [-0.4, -0.2) is 25.0 Å². The first-order valence-electron chi connectivity index (χ1n) is 9.91. The maximum absolute atomic E-state index is 13.9. The zero-order chi connectivity index (χ0) is 24.6. The zero-order valence-electron chi connectivity index (χ0n) is 17.1. The van der Waals surface area contributed by atoms with Gasteiger partial charge in [0.2, 0.25) is 11.6 Å². The fourth-order valence-corrected chi connectivity index (χ4v) is 4.01. The average molecular weight is 495 g/mol. The summed E-state index contributed by atoms with van der Waals surface area (Å²) in [5, 5.41) is 17.8. The topological polar surface area (TPSA) is 147 Å². The fraction of sp³-hybridized carbons (Fsp3) is 0.300. The average Bonchev–Trinajstić information content (AvgIpc) is 3.30. The maximum Gasteiger partial charge on any atom is 0.420 e. The standard InChI is InChI=1S/C20H14ClF3N6O4/c21-13-6-10(30-19(33)26-18(32)14(8-25)29-30)5-12(20(22,23)24)16(13)34-15-7-11(17(31)28-27-15)9-3-1-2-4-9/h5-7,9H,1-4H2,(H,28,31)(H,26,32,33). The van der Waals surface area contributed by atoms with Crippen molar-refractivity contribution in [3.05, 3.63) is 71.2 Å². The summed E-state index contributed by atoms with van der Waals surface area (Å²) < 4.78 is 47.4. The van der Waals surface area contributed by atoms with Crippen LogP contribution in [-0.2, 0) is 6.18 Å². The second-order valence-corrected chi connectivity index (χ2v) is 7.91. The minimum Gasteiger partial charge on any atom is -0.435 e. The first-order chi connectivity index (χ1) is 16.1. The molecule has 0 amide bonds. The summed E-state index contributed by atoms with van der Waals surface area (Å²) in [7, 11) is 0. The van der Waals surface area contributed by atoms with E-state index in [-0.39, 0.29) is 11.8 Å². The Hall–Kier alpha value is -3.92. The summed E-state index contributed by atoms with van der Waals surface area (Å²) in [4.78, 5) is 37.6.